The third-order valence-electron chi connectivity index (χ3n) is 3.67. The third kappa shape index (κ3) is 5.66. The quantitative estimate of drug-likeness (QED) is 0.736. The summed E-state index contributed by atoms with van der Waals surface area (Å²) < 4.78 is 42.4. The maximum Gasteiger partial charge on any atom is 0.391 e. The predicted molar refractivity (Wildman–Crippen MR) is 69.3 cm³/mol. The summed E-state index contributed by atoms with van der Waals surface area (Å²) in [7, 11) is 1.55. The first-order valence-electron chi connectivity index (χ1n) is 6.94. The van der Waals surface area contributed by atoms with Crippen molar-refractivity contribution < 1.29 is 22.7 Å². The molecule has 0 aromatic rings. The summed E-state index contributed by atoms with van der Waals surface area (Å²) in [5.74, 6) is -1.34. The largest absolute Gasteiger partial charge is 0.391 e. The molecule has 0 saturated heterocycles. The van der Waals surface area contributed by atoms with E-state index in [2.05, 4.69) is 10.6 Å². The van der Waals surface area contributed by atoms with Gasteiger partial charge in [-0.25, -0.2) is 0 Å². The van der Waals surface area contributed by atoms with E-state index in [0.29, 0.717) is 26.0 Å². The van der Waals surface area contributed by atoms with Crippen LogP contribution in [0.15, 0.2) is 0 Å². The maximum absolute atomic E-state index is 12.5. The number of nitrogens with one attached hydrogen (secondary N) is 2. The van der Waals surface area contributed by atoms with Gasteiger partial charge in [0, 0.05) is 19.7 Å². The molecule has 0 radical (unpaired) electrons. The number of alkyl halides is 3. The highest BCUT2D eigenvalue weighted by Crippen LogP contribution is 2.37. The van der Waals surface area contributed by atoms with Gasteiger partial charge in [0.25, 0.3) is 0 Å². The van der Waals surface area contributed by atoms with Gasteiger partial charge in [-0.15, -0.1) is 0 Å². The number of methoxy groups -OCH3 is 1. The van der Waals surface area contributed by atoms with E-state index in [1.165, 1.54) is 0 Å². The summed E-state index contributed by atoms with van der Waals surface area (Å²) in [6.07, 6.45) is -2.90. The van der Waals surface area contributed by atoms with Crippen LogP contribution in [0.3, 0.4) is 0 Å². The van der Waals surface area contributed by atoms with E-state index >= 15 is 0 Å². The highest BCUT2D eigenvalue weighted by molar-refractivity contribution is 5.81. The van der Waals surface area contributed by atoms with E-state index in [1.807, 2.05) is 0 Å². The van der Waals surface area contributed by atoms with Gasteiger partial charge in [0.1, 0.15) is 0 Å². The van der Waals surface area contributed by atoms with Crippen molar-refractivity contribution in [3.05, 3.63) is 0 Å². The summed E-state index contributed by atoms with van der Waals surface area (Å²) >= 11 is 0. The van der Waals surface area contributed by atoms with Crippen molar-refractivity contribution >= 4 is 5.91 Å². The Kier molecular flexibility index (Phi) is 6.75. The average molecular weight is 296 g/mol. The molecule has 0 aromatic carbocycles. The first-order valence-corrected chi connectivity index (χ1v) is 6.94. The first-order chi connectivity index (χ1) is 9.34. The molecule has 2 N–H and O–H groups in total. The molecule has 1 fully saturated rings. The number of halogens is 3. The van der Waals surface area contributed by atoms with Crippen LogP contribution in [0.5, 0.6) is 0 Å². The average Bonchev–Trinajstić information content (AvgIpc) is 2.38. The molecule has 7 heteroatoms. The summed E-state index contributed by atoms with van der Waals surface area (Å²) in [4.78, 5) is 11.7. The van der Waals surface area contributed by atoms with Crippen molar-refractivity contribution in [2.24, 2.45) is 5.92 Å². The number of carbonyl (C=O) groups is 1. The Bertz CT molecular complexity index is 302. The number of ether oxygens (including phenoxy) is 1. The van der Waals surface area contributed by atoms with Crippen molar-refractivity contribution in [2.75, 3.05) is 20.3 Å². The van der Waals surface area contributed by atoms with E-state index in [9.17, 15) is 18.0 Å². The Labute approximate surface area is 117 Å². The van der Waals surface area contributed by atoms with Crippen molar-refractivity contribution in [1.82, 2.24) is 10.6 Å². The zero-order valence-electron chi connectivity index (χ0n) is 11.9. The minimum atomic E-state index is -4.09. The molecule has 0 aromatic heterocycles. The SMILES string of the molecule is COCCNC(=O)C(C)NC1CCC(C(F)(F)F)CC1. The Morgan fingerprint density at radius 2 is 1.90 bits per heavy atom. The van der Waals surface area contributed by atoms with Crippen LogP contribution in [0.4, 0.5) is 13.2 Å². The molecule has 0 heterocycles. The minimum absolute atomic E-state index is 0.0169. The molecule has 1 atom stereocenters. The van der Waals surface area contributed by atoms with Gasteiger partial charge in [-0.1, -0.05) is 0 Å². The lowest BCUT2D eigenvalue weighted by Crippen LogP contribution is -2.48. The molecular formula is C13H23F3N2O2. The Morgan fingerprint density at radius 1 is 1.30 bits per heavy atom. The van der Waals surface area contributed by atoms with Crippen LogP contribution in [0.25, 0.3) is 0 Å². The monoisotopic (exact) mass is 296 g/mol. The Morgan fingerprint density at radius 3 is 2.40 bits per heavy atom. The van der Waals surface area contributed by atoms with Crippen LogP contribution in [-0.2, 0) is 9.53 Å². The van der Waals surface area contributed by atoms with Gasteiger partial charge in [0.15, 0.2) is 0 Å². The normalized spacial score (nSPS) is 25.2. The fraction of sp³-hybridized carbons (Fsp3) is 0.923. The van der Waals surface area contributed by atoms with E-state index in [4.69, 9.17) is 4.74 Å². The van der Waals surface area contributed by atoms with Crippen LogP contribution in [0.1, 0.15) is 32.6 Å². The second-order valence-electron chi connectivity index (χ2n) is 5.26. The molecule has 1 amide bonds. The molecule has 0 aliphatic heterocycles. The molecule has 1 aliphatic rings. The smallest absolute Gasteiger partial charge is 0.383 e. The molecule has 118 valence electrons. The van der Waals surface area contributed by atoms with Crippen LogP contribution in [-0.4, -0.2) is 44.4 Å². The maximum atomic E-state index is 12.5. The highest BCUT2D eigenvalue weighted by atomic mass is 19.4. The first kappa shape index (κ1) is 17.2. The number of rotatable bonds is 6. The van der Waals surface area contributed by atoms with Gasteiger partial charge in [-0.3, -0.25) is 4.79 Å². The number of hydrogen-bond acceptors (Lipinski definition) is 3. The van der Waals surface area contributed by atoms with Gasteiger partial charge < -0.3 is 15.4 Å². The second-order valence-corrected chi connectivity index (χ2v) is 5.26. The van der Waals surface area contributed by atoms with Gasteiger partial charge in [-0.05, 0) is 32.6 Å². The lowest BCUT2D eigenvalue weighted by atomic mass is 9.85. The summed E-state index contributed by atoms with van der Waals surface area (Å²) in [6.45, 7) is 2.59. The molecule has 0 spiro atoms. The van der Waals surface area contributed by atoms with E-state index in [0.717, 1.165) is 0 Å². The molecule has 1 aliphatic carbocycles. The van der Waals surface area contributed by atoms with Gasteiger partial charge in [0.05, 0.1) is 18.6 Å². The van der Waals surface area contributed by atoms with Crippen LogP contribution >= 0.6 is 0 Å². The lowest BCUT2D eigenvalue weighted by molar-refractivity contribution is -0.182. The molecule has 1 rings (SSSR count). The van der Waals surface area contributed by atoms with E-state index < -0.39 is 18.1 Å². The van der Waals surface area contributed by atoms with E-state index in [-0.39, 0.29) is 24.8 Å². The predicted octanol–water partition coefficient (Wildman–Crippen LogP) is 1.85. The fourth-order valence-corrected chi connectivity index (χ4v) is 2.45. The van der Waals surface area contributed by atoms with Crippen LogP contribution < -0.4 is 10.6 Å². The zero-order chi connectivity index (χ0) is 15.2. The molecule has 4 nitrogen and oxygen atoms in total. The minimum Gasteiger partial charge on any atom is -0.383 e. The fourth-order valence-electron chi connectivity index (χ4n) is 2.45. The van der Waals surface area contributed by atoms with Crippen molar-refractivity contribution in [3.8, 4) is 0 Å². The van der Waals surface area contributed by atoms with Crippen LogP contribution in [0.2, 0.25) is 0 Å². The number of carbonyl (C=O) groups excluding carboxylic acids is 1. The second kappa shape index (κ2) is 7.83. The topological polar surface area (TPSA) is 50.4 Å². The Balaban J connectivity index is 2.27. The van der Waals surface area contributed by atoms with Crippen molar-refractivity contribution in [3.63, 3.8) is 0 Å². The summed E-state index contributed by atoms with van der Waals surface area (Å²) in [6, 6.07) is -0.420. The third-order valence-corrected chi connectivity index (χ3v) is 3.67. The molecule has 1 saturated carbocycles. The summed E-state index contributed by atoms with van der Waals surface area (Å²) in [5.41, 5.74) is 0. The van der Waals surface area contributed by atoms with Gasteiger partial charge >= 0.3 is 6.18 Å². The van der Waals surface area contributed by atoms with E-state index in [1.54, 1.807) is 14.0 Å². The number of amides is 1. The molecule has 20 heavy (non-hydrogen) atoms. The van der Waals surface area contributed by atoms with Gasteiger partial charge in [0.2, 0.25) is 5.91 Å². The molecular weight excluding hydrogens is 273 g/mol. The van der Waals surface area contributed by atoms with Crippen molar-refractivity contribution in [2.45, 2.75) is 50.9 Å². The Hall–Kier alpha value is -0.820. The zero-order valence-corrected chi connectivity index (χ0v) is 11.9. The molecule has 1 unspecified atom stereocenters. The standard InChI is InChI=1S/C13H23F3N2O2/c1-9(12(19)17-7-8-20-2)18-11-5-3-10(4-6-11)13(14,15)16/h9-11,18H,3-8H2,1-2H3,(H,17,19). The lowest BCUT2D eigenvalue weighted by Gasteiger charge is -2.31. The van der Waals surface area contributed by atoms with Crippen LogP contribution in [0, 0.1) is 5.92 Å². The van der Waals surface area contributed by atoms with Gasteiger partial charge in [-0.2, -0.15) is 13.2 Å². The highest BCUT2D eigenvalue weighted by Gasteiger charge is 2.41. The molecule has 0 bridgehead atoms. The van der Waals surface area contributed by atoms with Crippen molar-refractivity contribution in [1.29, 1.82) is 0 Å². The summed E-state index contributed by atoms with van der Waals surface area (Å²) in [5, 5.41) is 5.80. The number of hydrogen-bond donors (Lipinski definition) is 2.